The lowest BCUT2D eigenvalue weighted by Crippen LogP contribution is -2.38. The van der Waals surface area contributed by atoms with E-state index in [1.165, 1.54) is 22.8 Å². The van der Waals surface area contributed by atoms with E-state index in [1.54, 1.807) is 0 Å². The molecule has 2 rings (SSSR count). The first-order valence-electron chi connectivity index (χ1n) is 7.77. The minimum absolute atomic E-state index is 0.0622. The average Bonchev–Trinajstić information content (AvgIpc) is 2.50. The van der Waals surface area contributed by atoms with E-state index in [2.05, 4.69) is 48.8 Å². The van der Waals surface area contributed by atoms with E-state index >= 15 is 0 Å². The van der Waals surface area contributed by atoms with Crippen molar-refractivity contribution in [1.29, 1.82) is 0 Å². The second-order valence-corrected chi connectivity index (χ2v) is 6.10. The van der Waals surface area contributed by atoms with Crippen molar-refractivity contribution in [3.8, 4) is 0 Å². The molecule has 0 radical (unpaired) electrons. The van der Waals surface area contributed by atoms with E-state index in [1.807, 2.05) is 0 Å². The third kappa shape index (κ3) is 4.71. The molecule has 0 aromatic heterocycles. The SMILES string of the molecule is C=CC(=O)NCC1CCN(Cc2cc(C)ccc2C)CC1. The normalized spacial score (nSPS) is 16.7. The summed E-state index contributed by atoms with van der Waals surface area (Å²) in [6, 6.07) is 6.68. The molecule has 0 atom stereocenters. The highest BCUT2D eigenvalue weighted by Gasteiger charge is 2.19. The van der Waals surface area contributed by atoms with Gasteiger partial charge in [0.15, 0.2) is 0 Å². The van der Waals surface area contributed by atoms with Crippen LogP contribution in [-0.2, 0) is 11.3 Å². The second-order valence-electron chi connectivity index (χ2n) is 6.10. The zero-order valence-electron chi connectivity index (χ0n) is 13.2. The van der Waals surface area contributed by atoms with Crippen molar-refractivity contribution in [2.24, 2.45) is 5.92 Å². The summed E-state index contributed by atoms with van der Waals surface area (Å²) in [6.45, 7) is 11.9. The Morgan fingerprint density at radius 2 is 2.10 bits per heavy atom. The van der Waals surface area contributed by atoms with Gasteiger partial charge < -0.3 is 5.32 Å². The number of hydrogen-bond donors (Lipinski definition) is 1. The summed E-state index contributed by atoms with van der Waals surface area (Å²) in [4.78, 5) is 13.7. The molecular formula is C18H26N2O. The lowest BCUT2D eigenvalue weighted by molar-refractivity contribution is -0.116. The molecule has 21 heavy (non-hydrogen) atoms. The Morgan fingerprint density at radius 3 is 2.76 bits per heavy atom. The topological polar surface area (TPSA) is 32.3 Å². The van der Waals surface area contributed by atoms with Gasteiger partial charge >= 0.3 is 0 Å². The lowest BCUT2D eigenvalue weighted by atomic mass is 9.96. The Balaban J connectivity index is 1.80. The largest absolute Gasteiger partial charge is 0.352 e. The van der Waals surface area contributed by atoms with Crippen molar-refractivity contribution < 1.29 is 4.79 Å². The van der Waals surface area contributed by atoms with Gasteiger partial charge in [0.05, 0.1) is 0 Å². The zero-order chi connectivity index (χ0) is 15.2. The van der Waals surface area contributed by atoms with Crippen LogP contribution in [0.1, 0.15) is 29.5 Å². The number of piperidine rings is 1. The summed E-state index contributed by atoms with van der Waals surface area (Å²) in [5.74, 6) is 0.538. The molecular weight excluding hydrogens is 260 g/mol. The maximum absolute atomic E-state index is 11.2. The van der Waals surface area contributed by atoms with Gasteiger partial charge in [0.1, 0.15) is 0 Å². The van der Waals surface area contributed by atoms with Crippen LogP contribution in [0.2, 0.25) is 0 Å². The van der Waals surface area contributed by atoms with Crippen LogP contribution in [0.25, 0.3) is 0 Å². The van der Waals surface area contributed by atoms with Crippen LogP contribution >= 0.6 is 0 Å². The lowest BCUT2D eigenvalue weighted by Gasteiger charge is -2.32. The molecule has 0 bridgehead atoms. The molecule has 1 fully saturated rings. The van der Waals surface area contributed by atoms with Gasteiger partial charge in [0, 0.05) is 13.1 Å². The first-order valence-corrected chi connectivity index (χ1v) is 7.77. The van der Waals surface area contributed by atoms with Crippen LogP contribution in [0.3, 0.4) is 0 Å². The van der Waals surface area contributed by atoms with Gasteiger partial charge in [-0.15, -0.1) is 0 Å². The number of amides is 1. The number of carbonyl (C=O) groups is 1. The third-order valence-electron chi connectivity index (χ3n) is 4.36. The number of nitrogens with one attached hydrogen (secondary N) is 1. The minimum Gasteiger partial charge on any atom is -0.352 e. The number of carbonyl (C=O) groups excluding carboxylic acids is 1. The van der Waals surface area contributed by atoms with Crippen molar-refractivity contribution in [2.45, 2.75) is 33.2 Å². The molecule has 1 heterocycles. The van der Waals surface area contributed by atoms with Crippen molar-refractivity contribution >= 4 is 5.91 Å². The average molecular weight is 286 g/mol. The molecule has 0 spiro atoms. The molecule has 1 aliphatic rings. The summed E-state index contributed by atoms with van der Waals surface area (Å²) < 4.78 is 0. The first kappa shape index (κ1) is 15.8. The van der Waals surface area contributed by atoms with Crippen LogP contribution in [0, 0.1) is 19.8 Å². The number of rotatable bonds is 5. The Labute approximate surface area is 128 Å². The van der Waals surface area contributed by atoms with Crippen molar-refractivity contribution in [3.05, 3.63) is 47.5 Å². The standard InChI is InChI=1S/C18H26N2O/c1-4-18(21)19-12-16-7-9-20(10-8-16)13-17-11-14(2)5-6-15(17)3/h4-6,11,16H,1,7-10,12-13H2,2-3H3,(H,19,21). The molecule has 114 valence electrons. The molecule has 1 N–H and O–H groups in total. The summed E-state index contributed by atoms with van der Waals surface area (Å²) >= 11 is 0. The highest BCUT2D eigenvalue weighted by molar-refractivity contribution is 5.86. The highest BCUT2D eigenvalue weighted by Crippen LogP contribution is 2.20. The Hall–Kier alpha value is -1.61. The maximum Gasteiger partial charge on any atom is 0.243 e. The van der Waals surface area contributed by atoms with E-state index in [0.29, 0.717) is 5.92 Å². The van der Waals surface area contributed by atoms with E-state index in [9.17, 15) is 4.79 Å². The first-order chi connectivity index (χ1) is 10.1. The van der Waals surface area contributed by atoms with Gasteiger partial charge in [0.25, 0.3) is 0 Å². The van der Waals surface area contributed by atoms with E-state index in [4.69, 9.17) is 0 Å². The predicted octanol–water partition coefficient (Wildman–Crippen LogP) is 2.82. The summed E-state index contributed by atoms with van der Waals surface area (Å²) in [7, 11) is 0. The van der Waals surface area contributed by atoms with E-state index < -0.39 is 0 Å². The Morgan fingerprint density at radius 1 is 1.38 bits per heavy atom. The van der Waals surface area contributed by atoms with Gasteiger partial charge in [-0.25, -0.2) is 0 Å². The van der Waals surface area contributed by atoms with Crippen molar-refractivity contribution in [3.63, 3.8) is 0 Å². The van der Waals surface area contributed by atoms with Gasteiger partial charge in [0.2, 0.25) is 5.91 Å². The third-order valence-corrected chi connectivity index (χ3v) is 4.36. The van der Waals surface area contributed by atoms with E-state index in [0.717, 1.165) is 39.0 Å². The quantitative estimate of drug-likeness (QED) is 0.844. The van der Waals surface area contributed by atoms with Crippen LogP contribution < -0.4 is 5.32 Å². The second kappa shape index (κ2) is 7.41. The van der Waals surface area contributed by atoms with Gasteiger partial charge in [-0.3, -0.25) is 9.69 Å². The number of hydrogen-bond acceptors (Lipinski definition) is 2. The van der Waals surface area contributed by atoms with Crippen LogP contribution in [0.4, 0.5) is 0 Å². The molecule has 3 nitrogen and oxygen atoms in total. The number of nitrogens with zero attached hydrogens (tertiary/aromatic N) is 1. The van der Waals surface area contributed by atoms with Crippen LogP contribution in [-0.4, -0.2) is 30.4 Å². The van der Waals surface area contributed by atoms with Gasteiger partial charge in [-0.2, -0.15) is 0 Å². The van der Waals surface area contributed by atoms with Crippen LogP contribution in [0.5, 0.6) is 0 Å². The molecule has 0 saturated carbocycles. The molecule has 1 aliphatic heterocycles. The number of likely N-dealkylation sites (tertiary alicyclic amines) is 1. The van der Waals surface area contributed by atoms with Crippen molar-refractivity contribution in [2.75, 3.05) is 19.6 Å². The van der Waals surface area contributed by atoms with Gasteiger partial charge in [-0.05, 0) is 62.9 Å². The summed E-state index contributed by atoms with van der Waals surface area (Å²) in [5.41, 5.74) is 4.15. The van der Waals surface area contributed by atoms with Crippen molar-refractivity contribution in [1.82, 2.24) is 10.2 Å². The Bertz CT molecular complexity index is 502. The molecule has 1 aromatic rings. The zero-order valence-corrected chi connectivity index (χ0v) is 13.2. The van der Waals surface area contributed by atoms with Gasteiger partial charge in [-0.1, -0.05) is 30.3 Å². The molecule has 0 aliphatic carbocycles. The predicted molar refractivity (Wildman–Crippen MR) is 87.1 cm³/mol. The fourth-order valence-electron chi connectivity index (χ4n) is 2.88. The van der Waals surface area contributed by atoms with Crippen LogP contribution in [0.15, 0.2) is 30.9 Å². The molecule has 0 unspecified atom stereocenters. The molecule has 1 amide bonds. The maximum atomic E-state index is 11.2. The monoisotopic (exact) mass is 286 g/mol. The highest BCUT2D eigenvalue weighted by atomic mass is 16.1. The molecule has 1 saturated heterocycles. The summed E-state index contributed by atoms with van der Waals surface area (Å²) in [5, 5.41) is 2.91. The number of aryl methyl sites for hydroxylation is 2. The van der Waals surface area contributed by atoms with E-state index in [-0.39, 0.29) is 5.91 Å². The smallest absolute Gasteiger partial charge is 0.243 e. The number of benzene rings is 1. The minimum atomic E-state index is -0.0622. The fraction of sp³-hybridized carbons (Fsp3) is 0.500. The molecule has 1 aromatic carbocycles. The fourth-order valence-corrected chi connectivity index (χ4v) is 2.88. The summed E-state index contributed by atoms with van der Waals surface area (Å²) in [6.07, 6.45) is 3.65. The molecule has 3 heteroatoms. The Kier molecular flexibility index (Phi) is 5.57.